The van der Waals surface area contributed by atoms with Crippen molar-refractivity contribution in [3.63, 3.8) is 0 Å². The molecule has 1 saturated heterocycles. The standard InChI is InChI=1S/C32H33ClN4O4/c1-2-36-11-13-37(14-12-36)18-20-4-3-19(15-25(20)33)26(38)17-24-30-23-16-21(5-7-27(23)41-31(24)30)40-28-9-10-34-32-22(28)6-8-29(39)35-32/h3-5,7,9-10,15-16,24,30-31H,2,6,8,11-14,17-18H2,1H3,(H,34,35,39)/t24-,30-,31+/m0/s1. The number of rotatable bonds is 8. The molecular formula is C32H33ClN4O4. The lowest BCUT2D eigenvalue weighted by Gasteiger charge is -2.34. The van der Waals surface area contributed by atoms with Crippen molar-refractivity contribution in [3.8, 4) is 17.2 Å². The van der Waals surface area contributed by atoms with E-state index in [0.29, 0.717) is 47.2 Å². The van der Waals surface area contributed by atoms with Gasteiger partial charge in [0, 0.05) is 85.3 Å². The van der Waals surface area contributed by atoms with Crippen molar-refractivity contribution in [1.82, 2.24) is 14.8 Å². The predicted octanol–water partition coefficient (Wildman–Crippen LogP) is 5.30. The maximum atomic E-state index is 13.2. The van der Waals surface area contributed by atoms with Gasteiger partial charge in [-0.25, -0.2) is 4.98 Å². The Labute approximate surface area is 244 Å². The highest BCUT2D eigenvalue weighted by molar-refractivity contribution is 6.31. The number of fused-ring (bicyclic) bond motifs is 4. The van der Waals surface area contributed by atoms with Crippen LogP contribution in [0.15, 0.2) is 48.7 Å². The van der Waals surface area contributed by atoms with Crippen LogP contribution in [0.1, 0.15) is 52.7 Å². The highest BCUT2D eigenvalue weighted by Crippen LogP contribution is 2.60. The van der Waals surface area contributed by atoms with Gasteiger partial charge >= 0.3 is 0 Å². The molecule has 0 radical (unpaired) electrons. The van der Waals surface area contributed by atoms with E-state index in [4.69, 9.17) is 21.1 Å². The van der Waals surface area contributed by atoms with Gasteiger partial charge in [0.05, 0.1) is 0 Å². The SMILES string of the molecule is CCN1CCN(Cc2ccc(C(=O)C[C@@H]3[C@H]4Oc5ccc(Oc6ccnc7c6CCC(=O)N7)cc5[C@@H]34)cc2Cl)CC1. The maximum Gasteiger partial charge on any atom is 0.225 e. The van der Waals surface area contributed by atoms with Crippen LogP contribution in [-0.4, -0.2) is 65.3 Å². The van der Waals surface area contributed by atoms with Gasteiger partial charge in [-0.05, 0) is 48.9 Å². The number of piperazine rings is 1. The zero-order chi connectivity index (χ0) is 28.1. The molecule has 9 heteroatoms. The van der Waals surface area contributed by atoms with Gasteiger partial charge in [-0.15, -0.1) is 0 Å². The number of benzene rings is 2. The third-order valence-corrected chi connectivity index (χ3v) is 9.25. The zero-order valence-corrected chi connectivity index (χ0v) is 23.8. The molecule has 1 aromatic heterocycles. The van der Waals surface area contributed by atoms with Crippen LogP contribution in [0.2, 0.25) is 5.02 Å². The highest BCUT2D eigenvalue weighted by Gasteiger charge is 2.59. The van der Waals surface area contributed by atoms with Crippen LogP contribution in [0.25, 0.3) is 0 Å². The fraction of sp³-hybridized carbons (Fsp3) is 0.406. The van der Waals surface area contributed by atoms with Gasteiger partial charge in [0.2, 0.25) is 5.91 Å². The molecule has 0 spiro atoms. The molecule has 2 aromatic carbocycles. The third kappa shape index (κ3) is 5.20. The van der Waals surface area contributed by atoms with Crippen molar-refractivity contribution >= 4 is 29.1 Å². The molecule has 4 aliphatic rings. The van der Waals surface area contributed by atoms with E-state index in [0.717, 1.165) is 61.7 Å². The summed E-state index contributed by atoms with van der Waals surface area (Å²) in [5.41, 5.74) is 3.71. The number of nitrogens with zero attached hydrogens (tertiary/aromatic N) is 3. The number of carbonyl (C=O) groups excluding carboxylic acids is 2. The average Bonchev–Trinajstić information content (AvgIpc) is 3.50. The molecule has 2 fully saturated rings. The van der Waals surface area contributed by atoms with Crippen LogP contribution in [0.3, 0.4) is 0 Å². The Balaban J connectivity index is 0.991. The zero-order valence-electron chi connectivity index (χ0n) is 23.1. The Hall–Kier alpha value is -3.46. The molecule has 212 valence electrons. The van der Waals surface area contributed by atoms with Crippen LogP contribution in [0.5, 0.6) is 17.2 Å². The second-order valence-electron chi connectivity index (χ2n) is 11.4. The normalized spacial score (nSPS) is 23.2. The lowest BCUT2D eigenvalue weighted by molar-refractivity contribution is -0.116. The van der Waals surface area contributed by atoms with Crippen LogP contribution in [0, 0.1) is 5.92 Å². The van der Waals surface area contributed by atoms with E-state index in [-0.39, 0.29) is 29.6 Å². The summed E-state index contributed by atoms with van der Waals surface area (Å²) in [7, 11) is 0. The van der Waals surface area contributed by atoms with E-state index in [1.807, 2.05) is 42.5 Å². The fourth-order valence-electron chi connectivity index (χ4n) is 6.42. The molecule has 0 unspecified atom stereocenters. The molecule has 3 aromatic rings. The molecule has 0 bridgehead atoms. The molecule has 8 nitrogen and oxygen atoms in total. The largest absolute Gasteiger partial charge is 0.489 e. The minimum atomic E-state index is -0.0311. The molecule has 1 saturated carbocycles. The Morgan fingerprint density at radius 1 is 1.10 bits per heavy atom. The molecular weight excluding hydrogens is 540 g/mol. The lowest BCUT2D eigenvalue weighted by Crippen LogP contribution is -2.45. The first-order chi connectivity index (χ1) is 20.0. The minimum absolute atomic E-state index is 0.0182. The number of hydrogen-bond donors (Lipinski definition) is 1. The van der Waals surface area contributed by atoms with E-state index in [1.165, 1.54) is 0 Å². The van der Waals surface area contributed by atoms with Gasteiger partial charge in [0.1, 0.15) is 29.2 Å². The minimum Gasteiger partial charge on any atom is -0.489 e. The van der Waals surface area contributed by atoms with Gasteiger partial charge in [-0.2, -0.15) is 0 Å². The van der Waals surface area contributed by atoms with Crippen molar-refractivity contribution in [1.29, 1.82) is 0 Å². The first-order valence-electron chi connectivity index (χ1n) is 14.5. The second-order valence-corrected chi connectivity index (χ2v) is 11.8. The summed E-state index contributed by atoms with van der Waals surface area (Å²) in [4.78, 5) is 34.1. The van der Waals surface area contributed by atoms with Crippen LogP contribution in [-0.2, 0) is 17.8 Å². The Morgan fingerprint density at radius 2 is 1.93 bits per heavy atom. The van der Waals surface area contributed by atoms with E-state index in [1.54, 1.807) is 6.20 Å². The second kappa shape index (κ2) is 10.7. The summed E-state index contributed by atoms with van der Waals surface area (Å²) in [5.74, 6) is 3.19. The van der Waals surface area contributed by atoms with Crippen LogP contribution >= 0.6 is 11.6 Å². The van der Waals surface area contributed by atoms with Crippen molar-refractivity contribution in [3.05, 3.63) is 75.9 Å². The first kappa shape index (κ1) is 26.4. The number of hydrogen-bond acceptors (Lipinski definition) is 7. The molecule has 41 heavy (non-hydrogen) atoms. The van der Waals surface area contributed by atoms with Gasteiger partial charge < -0.3 is 19.7 Å². The van der Waals surface area contributed by atoms with Crippen LogP contribution in [0.4, 0.5) is 5.82 Å². The van der Waals surface area contributed by atoms with Crippen molar-refractivity contribution in [2.75, 3.05) is 38.0 Å². The number of carbonyl (C=O) groups is 2. The molecule has 1 aliphatic carbocycles. The number of ketones is 1. The molecule has 7 rings (SSSR count). The van der Waals surface area contributed by atoms with Gasteiger partial charge in [-0.1, -0.05) is 30.7 Å². The topological polar surface area (TPSA) is 84.0 Å². The molecule has 1 N–H and O–H groups in total. The number of anilines is 1. The van der Waals surface area contributed by atoms with Gasteiger partial charge in [0.25, 0.3) is 0 Å². The number of aromatic nitrogens is 1. The fourth-order valence-corrected chi connectivity index (χ4v) is 6.66. The average molecular weight is 573 g/mol. The van der Waals surface area contributed by atoms with E-state index in [9.17, 15) is 9.59 Å². The third-order valence-electron chi connectivity index (χ3n) is 8.90. The number of pyridine rings is 1. The summed E-state index contributed by atoms with van der Waals surface area (Å²) in [6.45, 7) is 8.33. The van der Waals surface area contributed by atoms with E-state index in [2.05, 4.69) is 27.0 Å². The number of nitrogens with one attached hydrogen (secondary N) is 1. The first-order valence-corrected chi connectivity index (χ1v) is 14.9. The number of halogens is 1. The maximum absolute atomic E-state index is 13.2. The summed E-state index contributed by atoms with van der Waals surface area (Å²) >= 11 is 6.65. The molecule has 1 amide bonds. The number of Topliss-reactive ketones (excluding diaryl/α,β-unsaturated/α-hetero) is 1. The summed E-state index contributed by atoms with van der Waals surface area (Å²) in [6.07, 6.45) is 3.09. The van der Waals surface area contributed by atoms with Crippen molar-refractivity contribution in [2.45, 2.75) is 44.8 Å². The Kier molecular flexibility index (Phi) is 6.93. The Morgan fingerprint density at radius 3 is 2.73 bits per heavy atom. The lowest BCUT2D eigenvalue weighted by atomic mass is 10.0. The van der Waals surface area contributed by atoms with Crippen molar-refractivity contribution < 1.29 is 19.1 Å². The quantitative estimate of drug-likeness (QED) is 0.367. The molecule has 4 heterocycles. The van der Waals surface area contributed by atoms with E-state index < -0.39 is 0 Å². The molecule has 3 aliphatic heterocycles. The monoisotopic (exact) mass is 572 g/mol. The molecule has 3 atom stereocenters. The van der Waals surface area contributed by atoms with Crippen LogP contribution < -0.4 is 14.8 Å². The van der Waals surface area contributed by atoms with Gasteiger partial charge in [0.15, 0.2) is 5.78 Å². The summed E-state index contributed by atoms with van der Waals surface area (Å²) in [5, 5.41) is 3.47. The Bertz CT molecular complexity index is 1520. The summed E-state index contributed by atoms with van der Waals surface area (Å²) < 4.78 is 12.4. The smallest absolute Gasteiger partial charge is 0.225 e. The summed E-state index contributed by atoms with van der Waals surface area (Å²) in [6, 6.07) is 13.4. The van der Waals surface area contributed by atoms with E-state index >= 15 is 0 Å². The number of likely N-dealkylation sites (N-methyl/N-ethyl adjacent to an activating group) is 1. The van der Waals surface area contributed by atoms with Gasteiger partial charge in [-0.3, -0.25) is 14.5 Å². The highest BCUT2D eigenvalue weighted by atomic mass is 35.5. The van der Waals surface area contributed by atoms with Crippen molar-refractivity contribution in [2.24, 2.45) is 5.92 Å². The predicted molar refractivity (Wildman–Crippen MR) is 156 cm³/mol. The number of amides is 1. The number of ether oxygens (including phenoxy) is 2.